The van der Waals surface area contributed by atoms with Crippen LogP contribution >= 0.6 is 11.6 Å². The molecule has 3 rings (SSSR count). The van der Waals surface area contributed by atoms with Crippen molar-refractivity contribution >= 4 is 11.6 Å². The maximum Gasteiger partial charge on any atom is 0.124 e. The number of ether oxygens (including phenoxy) is 1. The Labute approximate surface area is 118 Å². The van der Waals surface area contributed by atoms with Gasteiger partial charge >= 0.3 is 0 Å². The van der Waals surface area contributed by atoms with Crippen LogP contribution in [0, 0.1) is 11.7 Å². The minimum Gasteiger partial charge on any atom is -0.375 e. The maximum absolute atomic E-state index is 13.1. The summed E-state index contributed by atoms with van der Waals surface area (Å²) in [6, 6.07) is 5.00. The SMILES string of the molecule is CNC(Cc1ccc(F)cc1Cl)C1CC2CCC1O2. The van der Waals surface area contributed by atoms with Crippen molar-refractivity contribution in [3.05, 3.63) is 34.6 Å². The monoisotopic (exact) mass is 283 g/mol. The molecular weight excluding hydrogens is 265 g/mol. The van der Waals surface area contributed by atoms with Crippen molar-refractivity contribution in [2.75, 3.05) is 7.05 Å². The molecule has 0 aromatic heterocycles. The van der Waals surface area contributed by atoms with E-state index in [9.17, 15) is 4.39 Å². The summed E-state index contributed by atoms with van der Waals surface area (Å²) < 4.78 is 19.0. The van der Waals surface area contributed by atoms with Crippen molar-refractivity contribution in [1.82, 2.24) is 5.32 Å². The fourth-order valence-electron chi connectivity index (χ4n) is 3.49. The van der Waals surface area contributed by atoms with E-state index in [-0.39, 0.29) is 5.82 Å². The molecule has 2 fully saturated rings. The minimum absolute atomic E-state index is 0.280. The largest absolute Gasteiger partial charge is 0.375 e. The zero-order valence-electron chi connectivity index (χ0n) is 11.0. The van der Waals surface area contributed by atoms with Crippen molar-refractivity contribution in [3.8, 4) is 0 Å². The molecule has 1 aromatic rings. The fourth-order valence-corrected chi connectivity index (χ4v) is 3.74. The first-order valence-electron chi connectivity index (χ1n) is 6.94. The van der Waals surface area contributed by atoms with Gasteiger partial charge in [-0.15, -0.1) is 0 Å². The Bertz CT molecular complexity index is 467. The van der Waals surface area contributed by atoms with E-state index in [0.29, 0.717) is 29.2 Å². The van der Waals surface area contributed by atoms with E-state index in [2.05, 4.69) is 5.32 Å². The minimum atomic E-state index is -0.280. The van der Waals surface area contributed by atoms with Gasteiger partial charge in [-0.3, -0.25) is 0 Å². The van der Waals surface area contributed by atoms with Crippen molar-refractivity contribution in [2.45, 2.75) is 43.9 Å². The summed E-state index contributed by atoms with van der Waals surface area (Å²) in [6.45, 7) is 0. The van der Waals surface area contributed by atoms with E-state index in [0.717, 1.165) is 18.4 Å². The molecule has 2 bridgehead atoms. The summed E-state index contributed by atoms with van der Waals surface area (Å²) >= 11 is 6.12. The molecule has 4 unspecified atom stereocenters. The number of benzene rings is 1. The number of hydrogen-bond donors (Lipinski definition) is 1. The third-order valence-corrected chi connectivity index (χ3v) is 4.85. The second-order valence-electron chi connectivity index (χ2n) is 5.61. The average molecular weight is 284 g/mol. The van der Waals surface area contributed by atoms with Gasteiger partial charge in [-0.2, -0.15) is 0 Å². The van der Waals surface area contributed by atoms with E-state index < -0.39 is 0 Å². The smallest absolute Gasteiger partial charge is 0.124 e. The molecule has 2 nitrogen and oxygen atoms in total. The molecule has 0 amide bonds. The Morgan fingerprint density at radius 1 is 1.47 bits per heavy atom. The first-order chi connectivity index (χ1) is 9.17. The molecule has 4 heteroatoms. The van der Waals surface area contributed by atoms with E-state index in [4.69, 9.17) is 16.3 Å². The van der Waals surface area contributed by atoms with Crippen molar-refractivity contribution in [2.24, 2.45) is 5.92 Å². The lowest BCUT2D eigenvalue weighted by Gasteiger charge is -2.28. The highest BCUT2D eigenvalue weighted by Crippen LogP contribution is 2.41. The lowest BCUT2D eigenvalue weighted by atomic mass is 9.81. The zero-order valence-corrected chi connectivity index (χ0v) is 11.8. The molecule has 0 spiro atoms. The number of hydrogen-bond acceptors (Lipinski definition) is 2. The Morgan fingerprint density at radius 3 is 2.89 bits per heavy atom. The van der Waals surface area contributed by atoms with Crippen molar-refractivity contribution in [1.29, 1.82) is 0 Å². The summed E-state index contributed by atoms with van der Waals surface area (Å²) in [5, 5.41) is 3.90. The van der Waals surface area contributed by atoms with Crippen LogP contribution < -0.4 is 5.32 Å². The summed E-state index contributed by atoms with van der Waals surface area (Å²) in [6.07, 6.45) is 5.18. The highest BCUT2D eigenvalue weighted by atomic mass is 35.5. The molecule has 2 aliphatic heterocycles. The van der Waals surface area contributed by atoms with Crippen molar-refractivity contribution in [3.63, 3.8) is 0 Å². The van der Waals surface area contributed by atoms with Crippen LogP contribution in [0.3, 0.4) is 0 Å². The Morgan fingerprint density at radius 2 is 2.32 bits per heavy atom. The van der Waals surface area contributed by atoms with Gasteiger partial charge in [-0.25, -0.2) is 4.39 Å². The van der Waals surface area contributed by atoms with Gasteiger partial charge in [-0.1, -0.05) is 17.7 Å². The van der Waals surface area contributed by atoms with Gasteiger partial charge in [0.2, 0.25) is 0 Å². The molecular formula is C15H19ClFNO. The third kappa shape index (κ3) is 2.64. The second-order valence-corrected chi connectivity index (χ2v) is 6.02. The second kappa shape index (κ2) is 5.39. The van der Waals surface area contributed by atoms with E-state index in [1.807, 2.05) is 7.05 Å². The number of fused-ring (bicyclic) bond motifs is 2. The molecule has 2 aliphatic rings. The van der Waals surface area contributed by atoms with E-state index in [1.54, 1.807) is 6.07 Å². The van der Waals surface area contributed by atoms with Gasteiger partial charge in [-0.05, 0) is 50.4 Å². The zero-order chi connectivity index (χ0) is 13.4. The number of nitrogens with one attached hydrogen (secondary N) is 1. The van der Waals surface area contributed by atoms with Gasteiger partial charge < -0.3 is 10.1 Å². The molecule has 19 heavy (non-hydrogen) atoms. The van der Waals surface area contributed by atoms with Crippen molar-refractivity contribution < 1.29 is 9.13 Å². The molecule has 0 aliphatic carbocycles. The van der Waals surface area contributed by atoms with Crippen LogP contribution in [0.5, 0.6) is 0 Å². The van der Waals surface area contributed by atoms with Crippen LogP contribution in [0.15, 0.2) is 18.2 Å². The van der Waals surface area contributed by atoms with Crippen LogP contribution in [-0.4, -0.2) is 25.3 Å². The number of likely N-dealkylation sites (N-methyl/N-ethyl adjacent to an activating group) is 1. The highest BCUT2D eigenvalue weighted by molar-refractivity contribution is 6.31. The molecule has 4 atom stereocenters. The van der Waals surface area contributed by atoms with Gasteiger partial charge in [0.1, 0.15) is 5.82 Å². The first kappa shape index (κ1) is 13.3. The molecule has 2 heterocycles. The number of rotatable bonds is 4. The van der Waals surface area contributed by atoms with Gasteiger partial charge in [0.25, 0.3) is 0 Å². The predicted octanol–water partition coefficient (Wildman–Crippen LogP) is 3.18. The van der Waals surface area contributed by atoms with Crippen LogP contribution in [0.1, 0.15) is 24.8 Å². The highest BCUT2D eigenvalue weighted by Gasteiger charge is 2.43. The Kier molecular flexibility index (Phi) is 3.79. The normalized spacial score (nSPS) is 30.8. The van der Waals surface area contributed by atoms with Crippen LogP contribution in [0.2, 0.25) is 5.02 Å². The summed E-state index contributed by atoms with van der Waals surface area (Å²) in [5.41, 5.74) is 1.00. The van der Waals surface area contributed by atoms with Crippen LogP contribution in [-0.2, 0) is 11.2 Å². The predicted molar refractivity (Wildman–Crippen MR) is 74.0 cm³/mol. The van der Waals surface area contributed by atoms with Crippen LogP contribution in [0.4, 0.5) is 4.39 Å². The standard InChI is InChI=1S/C15H19ClFNO/c1-18-14(12-8-11-4-5-15(12)19-11)6-9-2-3-10(17)7-13(9)16/h2-3,7,11-12,14-15,18H,4-6,8H2,1H3. The third-order valence-electron chi connectivity index (χ3n) is 4.50. The summed E-state index contributed by atoms with van der Waals surface area (Å²) in [4.78, 5) is 0. The van der Waals surface area contributed by atoms with Gasteiger partial charge in [0.15, 0.2) is 0 Å². The van der Waals surface area contributed by atoms with Crippen LogP contribution in [0.25, 0.3) is 0 Å². The molecule has 0 saturated carbocycles. The lowest BCUT2D eigenvalue weighted by molar-refractivity contribution is 0.0863. The topological polar surface area (TPSA) is 21.3 Å². The number of halogens is 2. The quantitative estimate of drug-likeness (QED) is 0.916. The van der Waals surface area contributed by atoms with Gasteiger partial charge in [0, 0.05) is 17.0 Å². The maximum atomic E-state index is 13.1. The molecule has 1 N–H and O–H groups in total. The Balaban J connectivity index is 1.73. The molecule has 2 saturated heterocycles. The Hall–Kier alpha value is -0.640. The summed E-state index contributed by atoms with van der Waals surface area (Å²) in [7, 11) is 1.98. The van der Waals surface area contributed by atoms with Gasteiger partial charge in [0.05, 0.1) is 12.2 Å². The lowest BCUT2D eigenvalue weighted by Crippen LogP contribution is -2.40. The van der Waals surface area contributed by atoms with E-state index >= 15 is 0 Å². The summed E-state index contributed by atoms with van der Waals surface area (Å²) in [5.74, 6) is 0.267. The van der Waals surface area contributed by atoms with E-state index in [1.165, 1.54) is 25.0 Å². The fraction of sp³-hybridized carbons (Fsp3) is 0.600. The molecule has 104 valence electrons. The first-order valence-corrected chi connectivity index (χ1v) is 7.32. The average Bonchev–Trinajstić information content (AvgIpc) is 3.00. The molecule has 1 aromatic carbocycles. The molecule has 0 radical (unpaired) electrons.